The van der Waals surface area contributed by atoms with E-state index >= 15 is 0 Å². The van der Waals surface area contributed by atoms with Gasteiger partial charge in [0.15, 0.2) is 11.5 Å². The number of anilines is 1. The highest BCUT2D eigenvalue weighted by atomic mass is 16.1. The number of hydrogen-bond acceptors (Lipinski definition) is 3. The summed E-state index contributed by atoms with van der Waals surface area (Å²) in [7, 11) is 0. The second-order valence-corrected chi connectivity index (χ2v) is 7.12. The van der Waals surface area contributed by atoms with Gasteiger partial charge in [-0.3, -0.25) is 9.20 Å². The molecule has 1 N–H and O–H groups in total. The first-order valence-electron chi connectivity index (χ1n) is 9.50. The summed E-state index contributed by atoms with van der Waals surface area (Å²) in [5.74, 6) is 1.60. The van der Waals surface area contributed by atoms with Gasteiger partial charge >= 0.3 is 0 Å². The maximum Gasteiger partial charge on any atom is 0.224 e. The van der Waals surface area contributed by atoms with Crippen LogP contribution in [0.1, 0.15) is 44.9 Å². The number of aromatic nitrogens is 3. The number of benzene rings is 1. The molecule has 0 aliphatic heterocycles. The Hall–Kier alpha value is -2.69. The summed E-state index contributed by atoms with van der Waals surface area (Å²) in [6.45, 7) is 0. The van der Waals surface area contributed by atoms with Gasteiger partial charge in [-0.15, -0.1) is 10.2 Å². The molecule has 0 saturated heterocycles. The molecule has 1 amide bonds. The van der Waals surface area contributed by atoms with Gasteiger partial charge in [0.2, 0.25) is 5.91 Å². The topological polar surface area (TPSA) is 59.3 Å². The lowest BCUT2D eigenvalue weighted by atomic mass is 9.86. The zero-order chi connectivity index (χ0) is 17.8. The minimum Gasteiger partial charge on any atom is -0.326 e. The highest BCUT2D eigenvalue weighted by Gasteiger charge is 2.15. The molecule has 0 unspecified atom stereocenters. The van der Waals surface area contributed by atoms with E-state index in [1.807, 2.05) is 53.1 Å². The predicted octanol–water partition coefficient (Wildman–Crippen LogP) is 4.70. The Bertz CT molecular complexity index is 896. The molecule has 0 radical (unpaired) electrons. The van der Waals surface area contributed by atoms with E-state index in [1.54, 1.807) is 0 Å². The van der Waals surface area contributed by atoms with Crippen molar-refractivity contribution in [3.05, 3.63) is 48.7 Å². The lowest BCUT2D eigenvalue weighted by Crippen LogP contribution is -2.14. The third kappa shape index (κ3) is 3.77. The van der Waals surface area contributed by atoms with E-state index in [4.69, 9.17) is 0 Å². The zero-order valence-electron chi connectivity index (χ0n) is 14.9. The fourth-order valence-corrected chi connectivity index (χ4v) is 3.81. The Morgan fingerprint density at radius 3 is 2.85 bits per heavy atom. The van der Waals surface area contributed by atoms with Gasteiger partial charge < -0.3 is 5.32 Å². The van der Waals surface area contributed by atoms with E-state index in [0.29, 0.717) is 6.42 Å². The molecule has 2 heterocycles. The van der Waals surface area contributed by atoms with Gasteiger partial charge in [-0.2, -0.15) is 0 Å². The van der Waals surface area contributed by atoms with Gasteiger partial charge in [0.1, 0.15) is 0 Å². The SMILES string of the molecule is O=C(CCC1CCCCC1)Nc1cccc(-c2nnc3ccccn23)c1. The number of amides is 1. The Labute approximate surface area is 153 Å². The number of hydrogen-bond donors (Lipinski definition) is 1. The van der Waals surface area contributed by atoms with Crippen LogP contribution in [-0.2, 0) is 4.79 Å². The molecule has 4 rings (SSSR count). The maximum absolute atomic E-state index is 12.3. The van der Waals surface area contributed by atoms with Crippen LogP contribution in [0.2, 0.25) is 0 Å². The van der Waals surface area contributed by atoms with Crippen molar-refractivity contribution < 1.29 is 4.79 Å². The molecule has 0 atom stereocenters. The summed E-state index contributed by atoms with van der Waals surface area (Å²) in [5.41, 5.74) is 2.56. The number of nitrogens with zero attached hydrogens (tertiary/aromatic N) is 3. The Morgan fingerprint density at radius 2 is 1.96 bits per heavy atom. The van der Waals surface area contributed by atoms with E-state index in [2.05, 4.69) is 15.5 Å². The Morgan fingerprint density at radius 1 is 1.08 bits per heavy atom. The van der Waals surface area contributed by atoms with Gasteiger partial charge in [-0.05, 0) is 36.6 Å². The predicted molar refractivity (Wildman–Crippen MR) is 103 cm³/mol. The molecule has 1 fully saturated rings. The molecular weight excluding hydrogens is 324 g/mol. The summed E-state index contributed by atoms with van der Waals surface area (Å²) in [6, 6.07) is 13.6. The van der Waals surface area contributed by atoms with Gasteiger partial charge in [-0.25, -0.2) is 0 Å². The number of carbonyl (C=O) groups excluding carboxylic acids is 1. The van der Waals surface area contributed by atoms with Crippen LogP contribution in [0.5, 0.6) is 0 Å². The van der Waals surface area contributed by atoms with E-state index in [1.165, 1.54) is 32.1 Å². The Kier molecular flexibility index (Phi) is 4.95. The molecule has 26 heavy (non-hydrogen) atoms. The second kappa shape index (κ2) is 7.68. The molecule has 0 spiro atoms. The highest BCUT2D eigenvalue weighted by molar-refractivity contribution is 5.91. The van der Waals surface area contributed by atoms with Crippen LogP contribution in [0.3, 0.4) is 0 Å². The summed E-state index contributed by atoms with van der Waals surface area (Å²) >= 11 is 0. The van der Waals surface area contributed by atoms with Crippen molar-refractivity contribution in [1.29, 1.82) is 0 Å². The fourth-order valence-electron chi connectivity index (χ4n) is 3.81. The van der Waals surface area contributed by atoms with Crippen LogP contribution < -0.4 is 5.32 Å². The summed E-state index contributed by atoms with van der Waals surface area (Å²) in [4.78, 5) is 12.3. The quantitative estimate of drug-likeness (QED) is 0.727. The van der Waals surface area contributed by atoms with Crippen molar-refractivity contribution in [2.24, 2.45) is 5.92 Å². The summed E-state index contributed by atoms with van der Waals surface area (Å²) in [5, 5.41) is 11.5. The standard InChI is InChI=1S/C21H24N4O/c26-20(13-12-16-7-2-1-3-8-16)22-18-10-6-9-17(15-18)21-24-23-19-11-4-5-14-25(19)21/h4-6,9-11,14-16H,1-3,7-8,12-13H2,(H,22,26). The average molecular weight is 348 g/mol. The lowest BCUT2D eigenvalue weighted by molar-refractivity contribution is -0.116. The maximum atomic E-state index is 12.3. The first-order valence-corrected chi connectivity index (χ1v) is 9.50. The lowest BCUT2D eigenvalue weighted by Gasteiger charge is -2.21. The molecule has 1 aromatic carbocycles. The van der Waals surface area contributed by atoms with Crippen LogP contribution in [-0.4, -0.2) is 20.5 Å². The third-order valence-electron chi connectivity index (χ3n) is 5.22. The van der Waals surface area contributed by atoms with Gasteiger partial charge in [0.05, 0.1) is 0 Å². The summed E-state index contributed by atoms with van der Waals surface area (Å²) < 4.78 is 1.95. The van der Waals surface area contributed by atoms with Crippen molar-refractivity contribution in [3.8, 4) is 11.4 Å². The first-order chi connectivity index (χ1) is 12.8. The zero-order valence-corrected chi connectivity index (χ0v) is 14.9. The molecule has 134 valence electrons. The normalized spacial score (nSPS) is 15.2. The number of carbonyl (C=O) groups is 1. The monoisotopic (exact) mass is 348 g/mol. The number of nitrogens with one attached hydrogen (secondary N) is 1. The third-order valence-corrected chi connectivity index (χ3v) is 5.22. The highest BCUT2D eigenvalue weighted by Crippen LogP contribution is 2.27. The smallest absolute Gasteiger partial charge is 0.224 e. The molecule has 0 bridgehead atoms. The van der Waals surface area contributed by atoms with Crippen LogP contribution in [0.4, 0.5) is 5.69 Å². The Balaban J connectivity index is 1.43. The molecule has 3 aromatic rings. The van der Waals surface area contributed by atoms with Crippen molar-refractivity contribution >= 4 is 17.2 Å². The van der Waals surface area contributed by atoms with Crippen LogP contribution >= 0.6 is 0 Å². The van der Waals surface area contributed by atoms with Gasteiger partial charge in [0.25, 0.3) is 0 Å². The van der Waals surface area contributed by atoms with Gasteiger partial charge in [-0.1, -0.05) is 50.3 Å². The molecule has 1 saturated carbocycles. The van der Waals surface area contributed by atoms with Crippen LogP contribution in [0.15, 0.2) is 48.7 Å². The fraction of sp³-hybridized carbons (Fsp3) is 0.381. The number of rotatable bonds is 5. The van der Waals surface area contributed by atoms with E-state index in [-0.39, 0.29) is 5.91 Å². The largest absolute Gasteiger partial charge is 0.326 e. The molecule has 1 aliphatic rings. The number of pyridine rings is 1. The van der Waals surface area contributed by atoms with E-state index < -0.39 is 0 Å². The second-order valence-electron chi connectivity index (χ2n) is 7.12. The van der Waals surface area contributed by atoms with Crippen LogP contribution in [0.25, 0.3) is 17.0 Å². The molecule has 2 aromatic heterocycles. The van der Waals surface area contributed by atoms with Crippen molar-refractivity contribution in [3.63, 3.8) is 0 Å². The molecular formula is C21H24N4O. The van der Waals surface area contributed by atoms with Crippen molar-refractivity contribution in [1.82, 2.24) is 14.6 Å². The van der Waals surface area contributed by atoms with Crippen molar-refractivity contribution in [2.75, 3.05) is 5.32 Å². The van der Waals surface area contributed by atoms with Crippen LogP contribution in [0, 0.1) is 5.92 Å². The molecule has 5 heteroatoms. The van der Waals surface area contributed by atoms with Crippen molar-refractivity contribution in [2.45, 2.75) is 44.9 Å². The summed E-state index contributed by atoms with van der Waals surface area (Å²) in [6.07, 6.45) is 10.1. The average Bonchev–Trinajstić information content (AvgIpc) is 3.12. The van der Waals surface area contributed by atoms with E-state index in [0.717, 1.165) is 35.1 Å². The minimum absolute atomic E-state index is 0.0961. The van der Waals surface area contributed by atoms with E-state index in [9.17, 15) is 4.79 Å². The molecule has 5 nitrogen and oxygen atoms in total. The minimum atomic E-state index is 0.0961. The molecule has 1 aliphatic carbocycles. The van der Waals surface area contributed by atoms with Gasteiger partial charge in [0, 0.05) is 23.9 Å². The number of fused-ring (bicyclic) bond motifs is 1. The first kappa shape index (κ1) is 16.8.